The number of anilines is 2. The van der Waals surface area contributed by atoms with Crippen LogP contribution in [0.3, 0.4) is 0 Å². The molecule has 0 unspecified atom stereocenters. The number of nitrogens with zero attached hydrogens (tertiary/aromatic N) is 3. The van der Waals surface area contributed by atoms with Gasteiger partial charge in [0.1, 0.15) is 5.82 Å². The molecule has 0 atom stereocenters. The number of halogens is 4. The zero-order valence-corrected chi connectivity index (χ0v) is 12.8. The van der Waals surface area contributed by atoms with Gasteiger partial charge in [0.2, 0.25) is 10.1 Å². The van der Waals surface area contributed by atoms with Crippen LogP contribution in [0.1, 0.15) is 17.8 Å². The van der Waals surface area contributed by atoms with Crippen molar-refractivity contribution in [2.24, 2.45) is 0 Å². The van der Waals surface area contributed by atoms with Crippen molar-refractivity contribution in [3.63, 3.8) is 0 Å². The molecule has 1 saturated heterocycles. The van der Waals surface area contributed by atoms with Crippen molar-refractivity contribution in [3.05, 3.63) is 35.1 Å². The highest BCUT2D eigenvalue weighted by Crippen LogP contribution is 2.35. The molecule has 23 heavy (non-hydrogen) atoms. The summed E-state index contributed by atoms with van der Waals surface area (Å²) in [6.45, 7) is 1.11. The van der Waals surface area contributed by atoms with Crippen LogP contribution in [0.25, 0.3) is 0 Å². The van der Waals surface area contributed by atoms with Crippen LogP contribution in [0, 0.1) is 5.82 Å². The number of rotatable bonds is 3. The quantitative estimate of drug-likeness (QED) is 0.859. The Morgan fingerprint density at radius 2 is 1.83 bits per heavy atom. The Labute approximate surface area is 134 Å². The van der Waals surface area contributed by atoms with E-state index in [0.717, 1.165) is 0 Å². The highest BCUT2D eigenvalue weighted by atomic mass is 32.1. The van der Waals surface area contributed by atoms with Crippen molar-refractivity contribution in [2.75, 3.05) is 23.3 Å². The molecule has 1 fully saturated rings. The normalized spacial score (nSPS) is 16.6. The van der Waals surface area contributed by atoms with Crippen LogP contribution in [0.4, 0.5) is 28.4 Å². The van der Waals surface area contributed by atoms with E-state index in [-0.39, 0.29) is 17.0 Å². The predicted octanol–water partition coefficient (Wildman–Crippen LogP) is 3.78. The largest absolute Gasteiger partial charge is 0.445 e. The molecule has 0 bridgehead atoms. The number of aromatic nitrogens is 2. The third-order valence-corrected chi connectivity index (χ3v) is 4.68. The Kier molecular flexibility index (Phi) is 4.38. The van der Waals surface area contributed by atoms with Crippen LogP contribution in [-0.2, 0) is 6.18 Å². The molecule has 0 aliphatic carbocycles. The van der Waals surface area contributed by atoms with E-state index in [1.165, 1.54) is 6.07 Å². The average Bonchev–Trinajstić information content (AvgIpc) is 3.00. The lowest BCUT2D eigenvalue weighted by Crippen LogP contribution is -2.39. The first-order valence-corrected chi connectivity index (χ1v) is 7.92. The fourth-order valence-electron chi connectivity index (χ4n) is 2.47. The van der Waals surface area contributed by atoms with Crippen LogP contribution in [0.15, 0.2) is 24.3 Å². The van der Waals surface area contributed by atoms with Gasteiger partial charge in [0.15, 0.2) is 0 Å². The standard InChI is InChI=1S/C14H14F4N4S/c15-10-3-1-2-4-11(10)19-9-5-7-22(8-6-9)13-21-20-12(23-13)14(16,17)18/h1-4,9,19H,5-8H2. The third-order valence-electron chi connectivity index (χ3n) is 3.66. The minimum atomic E-state index is -4.46. The first-order valence-electron chi connectivity index (χ1n) is 7.10. The van der Waals surface area contributed by atoms with Gasteiger partial charge in [-0.25, -0.2) is 4.39 Å². The van der Waals surface area contributed by atoms with E-state index < -0.39 is 11.2 Å². The predicted molar refractivity (Wildman–Crippen MR) is 80.2 cm³/mol. The van der Waals surface area contributed by atoms with Crippen LogP contribution < -0.4 is 10.2 Å². The van der Waals surface area contributed by atoms with Crippen molar-refractivity contribution in [1.29, 1.82) is 0 Å². The maximum Gasteiger partial charge on any atom is 0.445 e. The molecule has 124 valence electrons. The fraction of sp³-hybridized carbons (Fsp3) is 0.429. The van der Waals surface area contributed by atoms with Crippen LogP contribution in [0.2, 0.25) is 0 Å². The van der Waals surface area contributed by atoms with Gasteiger partial charge in [-0.15, -0.1) is 10.2 Å². The molecule has 0 radical (unpaired) electrons. The van der Waals surface area contributed by atoms with Crippen molar-refractivity contribution in [2.45, 2.75) is 25.1 Å². The number of piperidine rings is 1. The van der Waals surface area contributed by atoms with E-state index in [9.17, 15) is 17.6 Å². The number of hydrogen-bond acceptors (Lipinski definition) is 5. The summed E-state index contributed by atoms with van der Waals surface area (Å²) >= 11 is 0.552. The first kappa shape index (κ1) is 16.0. The van der Waals surface area contributed by atoms with Gasteiger partial charge in [-0.2, -0.15) is 13.2 Å². The molecule has 1 aromatic carbocycles. The highest BCUT2D eigenvalue weighted by molar-refractivity contribution is 7.15. The summed E-state index contributed by atoms with van der Waals surface area (Å²) in [5, 5.41) is 9.31. The Morgan fingerprint density at radius 1 is 1.13 bits per heavy atom. The summed E-state index contributed by atoms with van der Waals surface area (Å²) in [5.41, 5.74) is 0.446. The van der Waals surface area contributed by atoms with Gasteiger partial charge in [-0.3, -0.25) is 0 Å². The summed E-state index contributed by atoms with van der Waals surface area (Å²) < 4.78 is 51.3. The first-order chi connectivity index (χ1) is 10.9. The molecule has 2 heterocycles. The molecule has 3 rings (SSSR count). The number of para-hydroxylation sites is 1. The number of alkyl halides is 3. The van der Waals surface area contributed by atoms with Crippen LogP contribution in [0.5, 0.6) is 0 Å². The molecular weight excluding hydrogens is 332 g/mol. The zero-order chi connectivity index (χ0) is 16.4. The summed E-state index contributed by atoms with van der Waals surface area (Å²) in [6, 6.07) is 6.51. The SMILES string of the molecule is Fc1ccccc1NC1CCN(c2nnc(C(F)(F)F)s2)CC1. The lowest BCUT2D eigenvalue weighted by Gasteiger charge is -2.32. The molecule has 0 amide bonds. The molecule has 2 aromatic rings. The van der Waals surface area contributed by atoms with Gasteiger partial charge < -0.3 is 10.2 Å². The lowest BCUT2D eigenvalue weighted by atomic mass is 10.1. The van der Waals surface area contributed by atoms with Gasteiger partial charge in [0.25, 0.3) is 0 Å². The summed E-state index contributed by atoms with van der Waals surface area (Å²) in [4.78, 5) is 1.78. The van der Waals surface area contributed by atoms with Crippen LogP contribution in [-0.4, -0.2) is 29.3 Å². The fourth-order valence-corrected chi connectivity index (χ4v) is 3.23. The van der Waals surface area contributed by atoms with Gasteiger partial charge in [0.05, 0.1) is 5.69 Å². The minimum Gasteiger partial charge on any atom is -0.380 e. The second-order valence-electron chi connectivity index (χ2n) is 5.27. The van der Waals surface area contributed by atoms with Crippen molar-refractivity contribution >= 4 is 22.2 Å². The molecule has 9 heteroatoms. The van der Waals surface area contributed by atoms with E-state index in [2.05, 4.69) is 15.5 Å². The second-order valence-corrected chi connectivity index (χ2v) is 6.23. The van der Waals surface area contributed by atoms with Gasteiger partial charge in [-0.1, -0.05) is 23.5 Å². The second kappa shape index (κ2) is 6.31. The average molecular weight is 346 g/mol. The molecule has 1 aliphatic rings. The Hall–Kier alpha value is -1.90. The molecule has 0 spiro atoms. The highest BCUT2D eigenvalue weighted by Gasteiger charge is 2.36. The third kappa shape index (κ3) is 3.72. The van der Waals surface area contributed by atoms with Crippen molar-refractivity contribution in [1.82, 2.24) is 10.2 Å². The Morgan fingerprint density at radius 3 is 2.43 bits per heavy atom. The van der Waals surface area contributed by atoms with Crippen molar-refractivity contribution in [3.8, 4) is 0 Å². The van der Waals surface area contributed by atoms with Gasteiger partial charge in [0, 0.05) is 19.1 Å². The van der Waals surface area contributed by atoms with E-state index in [1.807, 2.05) is 0 Å². The maximum atomic E-state index is 13.6. The molecule has 1 aromatic heterocycles. The van der Waals surface area contributed by atoms with E-state index >= 15 is 0 Å². The minimum absolute atomic E-state index is 0.0816. The maximum absolute atomic E-state index is 13.6. The number of benzene rings is 1. The summed E-state index contributed by atoms with van der Waals surface area (Å²) in [7, 11) is 0. The molecule has 0 saturated carbocycles. The molecule has 1 aliphatic heterocycles. The summed E-state index contributed by atoms with van der Waals surface area (Å²) in [5.74, 6) is -0.311. The Balaban J connectivity index is 1.58. The van der Waals surface area contributed by atoms with Crippen molar-refractivity contribution < 1.29 is 17.6 Å². The van der Waals surface area contributed by atoms with Gasteiger partial charge >= 0.3 is 6.18 Å². The molecule has 1 N–H and O–H groups in total. The lowest BCUT2D eigenvalue weighted by molar-refractivity contribution is -0.138. The molecular formula is C14H14F4N4S. The van der Waals surface area contributed by atoms with Gasteiger partial charge in [-0.05, 0) is 25.0 Å². The Bertz CT molecular complexity index is 665. The topological polar surface area (TPSA) is 41.0 Å². The summed E-state index contributed by atoms with van der Waals surface area (Å²) in [6.07, 6.45) is -3.08. The zero-order valence-electron chi connectivity index (χ0n) is 12.0. The molecule has 4 nitrogen and oxygen atoms in total. The van der Waals surface area contributed by atoms with E-state index in [1.54, 1.807) is 23.1 Å². The van der Waals surface area contributed by atoms with Crippen LogP contribution >= 0.6 is 11.3 Å². The number of hydrogen-bond donors (Lipinski definition) is 1. The number of nitrogens with one attached hydrogen (secondary N) is 1. The van der Waals surface area contributed by atoms with E-state index in [4.69, 9.17) is 0 Å². The smallest absolute Gasteiger partial charge is 0.380 e. The van der Waals surface area contributed by atoms with E-state index in [0.29, 0.717) is 43.0 Å². The monoisotopic (exact) mass is 346 g/mol.